The number of hydrogen-bond acceptors (Lipinski definition) is 4. The monoisotopic (exact) mass is 265 g/mol. The Morgan fingerprint density at radius 1 is 1.37 bits per heavy atom. The van der Waals surface area contributed by atoms with E-state index in [4.69, 9.17) is 10.5 Å². The minimum Gasteiger partial charge on any atom is -0.473 e. The van der Waals surface area contributed by atoms with Crippen LogP contribution in [0, 0.1) is 0 Å². The molecule has 0 saturated heterocycles. The molecular formula is C14H23N3O2. The van der Waals surface area contributed by atoms with Gasteiger partial charge in [-0.2, -0.15) is 4.98 Å². The first kappa shape index (κ1) is 14.1. The van der Waals surface area contributed by atoms with Crippen molar-refractivity contribution in [3.63, 3.8) is 0 Å². The Kier molecular flexibility index (Phi) is 4.58. The van der Waals surface area contributed by atoms with Gasteiger partial charge >= 0.3 is 0 Å². The van der Waals surface area contributed by atoms with Crippen molar-refractivity contribution in [2.45, 2.75) is 64.0 Å². The van der Waals surface area contributed by atoms with E-state index >= 15 is 0 Å². The van der Waals surface area contributed by atoms with Gasteiger partial charge in [0, 0.05) is 12.0 Å². The summed E-state index contributed by atoms with van der Waals surface area (Å²) in [5.41, 5.74) is 5.95. The normalized spacial score (nSPS) is 24.2. The molecule has 106 valence electrons. The van der Waals surface area contributed by atoms with Crippen LogP contribution in [0.25, 0.3) is 0 Å². The van der Waals surface area contributed by atoms with E-state index in [-0.39, 0.29) is 23.6 Å². The van der Waals surface area contributed by atoms with Crippen LogP contribution in [0.1, 0.15) is 57.7 Å². The van der Waals surface area contributed by atoms with Gasteiger partial charge in [-0.3, -0.25) is 4.79 Å². The van der Waals surface area contributed by atoms with E-state index in [0.717, 1.165) is 25.7 Å². The Balaban J connectivity index is 2.15. The summed E-state index contributed by atoms with van der Waals surface area (Å²) in [7, 11) is 0. The zero-order valence-electron chi connectivity index (χ0n) is 11.7. The average Bonchev–Trinajstić information content (AvgIpc) is 2.54. The molecule has 1 aromatic heterocycles. The first-order valence-corrected chi connectivity index (χ1v) is 7.10. The zero-order chi connectivity index (χ0) is 13.8. The van der Waals surface area contributed by atoms with Gasteiger partial charge in [-0.25, -0.2) is 0 Å². The standard InChI is InChI=1S/C14H23N3O2/c1-9(2)14-16-12(18)8-13(17-14)19-11-7-5-3-4-6-10(11)15/h8-11H,3-7,15H2,1-2H3,(H,16,17,18). The lowest BCUT2D eigenvalue weighted by atomic mass is 10.1. The fourth-order valence-corrected chi connectivity index (χ4v) is 2.39. The quantitative estimate of drug-likeness (QED) is 0.818. The lowest BCUT2D eigenvalue weighted by Gasteiger charge is -2.22. The molecule has 3 N–H and O–H groups in total. The molecule has 1 fully saturated rings. The van der Waals surface area contributed by atoms with Crippen molar-refractivity contribution < 1.29 is 4.74 Å². The van der Waals surface area contributed by atoms with Crippen LogP contribution in [-0.2, 0) is 0 Å². The molecule has 1 aliphatic rings. The van der Waals surface area contributed by atoms with Gasteiger partial charge in [-0.15, -0.1) is 0 Å². The van der Waals surface area contributed by atoms with Gasteiger partial charge in [0.25, 0.3) is 5.56 Å². The molecule has 0 bridgehead atoms. The summed E-state index contributed by atoms with van der Waals surface area (Å²) < 4.78 is 5.86. The summed E-state index contributed by atoms with van der Waals surface area (Å²) in [6, 6.07) is 1.44. The molecule has 5 nitrogen and oxygen atoms in total. The Bertz CT molecular complexity index is 470. The van der Waals surface area contributed by atoms with Crippen molar-refractivity contribution in [3.8, 4) is 5.88 Å². The Labute approximate surface area is 113 Å². The highest BCUT2D eigenvalue weighted by Gasteiger charge is 2.22. The van der Waals surface area contributed by atoms with E-state index in [1.165, 1.54) is 12.5 Å². The summed E-state index contributed by atoms with van der Waals surface area (Å²) in [4.78, 5) is 18.7. The van der Waals surface area contributed by atoms with Crippen LogP contribution < -0.4 is 16.0 Å². The SMILES string of the molecule is CC(C)c1nc(OC2CCCCCC2N)cc(=O)[nH]1. The van der Waals surface area contributed by atoms with E-state index in [9.17, 15) is 4.79 Å². The van der Waals surface area contributed by atoms with Gasteiger partial charge in [0.15, 0.2) is 0 Å². The molecular weight excluding hydrogens is 242 g/mol. The highest BCUT2D eigenvalue weighted by atomic mass is 16.5. The predicted molar refractivity (Wildman–Crippen MR) is 74.4 cm³/mol. The topological polar surface area (TPSA) is 81.0 Å². The molecule has 19 heavy (non-hydrogen) atoms. The largest absolute Gasteiger partial charge is 0.473 e. The van der Waals surface area contributed by atoms with Crippen molar-refractivity contribution in [1.82, 2.24) is 9.97 Å². The molecule has 0 aliphatic heterocycles. The molecule has 2 rings (SSSR count). The first-order chi connectivity index (χ1) is 9.06. The minimum absolute atomic E-state index is 0.0307. The second-order valence-corrected chi connectivity index (χ2v) is 5.58. The van der Waals surface area contributed by atoms with Crippen LogP contribution in [0.4, 0.5) is 0 Å². The number of aromatic amines is 1. The molecule has 0 spiro atoms. The number of nitrogens with zero attached hydrogens (tertiary/aromatic N) is 1. The summed E-state index contributed by atoms with van der Waals surface area (Å²) in [6.07, 6.45) is 5.36. The molecule has 1 saturated carbocycles. The average molecular weight is 265 g/mol. The Hall–Kier alpha value is -1.36. The number of nitrogens with two attached hydrogens (primary N) is 1. The lowest BCUT2D eigenvalue weighted by Crippen LogP contribution is -2.38. The van der Waals surface area contributed by atoms with Crippen LogP contribution in [-0.4, -0.2) is 22.1 Å². The van der Waals surface area contributed by atoms with Crippen LogP contribution in [0.2, 0.25) is 0 Å². The van der Waals surface area contributed by atoms with Gasteiger partial charge in [0.2, 0.25) is 5.88 Å². The number of ether oxygens (including phenoxy) is 1. The summed E-state index contributed by atoms with van der Waals surface area (Å²) in [5, 5.41) is 0. The van der Waals surface area contributed by atoms with Crippen molar-refractivity contribution in [1.29, 1.82) is 0 Å². The maximum absolute atomic E-state index is 11.6. The minimum atomic E-state index is -0.170. The van der Waals surface area contributed by atoms with E-state index < -0.39 is 0 Å². The smallest absolute Gasteiger partial charge is 0.254 e. The molecule has 5 heteroatoms. The molecule has 1 heterocycles. The molecule has 0 amide bonds. The third kappa shape index (κ3) is 3.80. The lowest BCUT2D eigenvalue weighted by molar-refractivity contribution is 0.155. The number of rotatable bonds is 3. The molecule has 0 radical (unpaired) electrons. The fourth-order valence-electron chi connectivity index (χ4n) is 2.39. The molecule has 0 aromatic carbocycles. The second kappa shape index (κ2) is 6.19. The third-order valence-corrected chi connectivity index (χ3v) is 3.56. The van der Waals surface area contributed by atoms with Gasteiger partial charge in [-0.1, -0.05) is 26.7 Å². The third-order valence-electron chi connectivity index (χ3n) is 3.56. The summed E-state index contributed by atoms with van der Waals surface area (Å²) in [5.74, 6) is 1.22. The fraction of sp³-hybridized carbons (Fsp3) is 0.714. The van der Waals surface area contributed by atoms with Gasteiger partial charge in [0.05, 0.1) is 6.07 Å². The molecule has 1 aromatic rings. The second-order valence-electron chi connectivity index (χ2n) is 5.58. The van der Waals surface area contributed by atoms with E-state index in [1.54, 1.807) is 0 Å². The number of nitrogens with one attached hydrogen (secondary N) is 1. The van der Waals surface area contributed by atoms with E-state index in [2.05, 4.69) is 9.97 Å². The Morgan fingerprint density at radius 3 is 2.84 bits per heavy atom. The Morgan fingerprint density at radius 2 is 2.11 bits per heavy atom. The van der Waals surface area contributed by atoms with Crippen LogP contribution in [0.3, 0.4) is 0 Å². The zero-order valence-corrected chi connectivity index (χ0v) is 11.7. The highest BCUT2D eigenvalue weighted by molar-refractivity contribution is 5.11. The maximum Gasteiger partial charge on any atom is 0.254 e. The van der Waals surface area contributed by atoms with Gasteiger partial charge < -0.3 is 15.5 Å². The van der Waals surface area contributed by atoms with Crippen molar-refractivity contribution >= 4 is 0 Å². The number of H-pyrrole nitrogens is 1. The van der Waals surface area contributed by atoms with Gasteiger partial charge in [-0.05, 0) is 19.3 Å². The van der Waals surface area contributed by atoms with Crippen molar-refractivity contribution in [3.05, 3.63) is 22.2 Å². The van der Waals surface area contributed by atoms with Crippen LogP contribution in [0.15, 0.2) is 10.9 Å². The molecule has 2 unspecified atom stereocenters. The maximum atomic E-state index is 11.6. The van der Waals surface area contributed by atoms with Crippen molar-refractivity contribution in [2.75, 3.05) is 0 Å². The first-order valence-electron chi connectivity index (χ1n) is 7.10. The van der Waals surface area contributed by atoms with Crippen LogP contribution >= 0.6 is 0 Å². The molecule has 1 aliphatic carbocycles. The number of hydrogen-bond donors (Lipinski definition) is 2. The van der Waals surface area contributed by atoms with E-state index in [1.807, 2.05) is 13.8 Å². The van der Waals surface area contributed by atoms with Crippen molar-refractivity contribution in [2.24, 2.45) is 5.73 Å². The van der Waals surface area contributed by atoms with Crippen LogP contribution in [0.5, 0.6) is 5.88 Å². The van der Waals surface area contributed by atoms with Gasteiger partial charge in [0.1, 0.15) is 11.9 Å². The predicted octanol–water partition coefficient (Wildman–Crippen LogP) is 1.93. The summed E-state index contributed by atoms with van der Waals surface area (Å²) in [6.45, 7) is 3.97. The summed E-state index contributed by atoms with van der Waals surface area (Å²) >= 11 is 0. The highest BCUT2D eigenvalue weighted by Crippen LogP contribution is 2.21. The van der Waals surface area contributed by atoms with E-state index in [0.29, 0.717) is 11.7 Å². The number of aromatic nitrogens is 2. The molecule has 2 atom stereocenters.